The largest absolute Gasteiger partial charge is 0.454 e. The molecule has 1 atom stereocenters. The molecule has 2 aromatic rings. The topological polar surface area (TPSA) is 116 Å². The normalized spacial score (nSPS) is 13.0. The first kappa shape index (κ1) is 20.9. The van der Waals surface area contributed by atoms with Crippen molar-refractivity contribution in [3.8, 4) is 22.8 Å². The van der Waals surface area contributed by atoms with Crippen LogP contribution in [0.25, 0.3) is 11.3 Å². The number of carbonyl (C=O) groups is 2. The molecule has 0 spiro atoms. The second-order valence-electron chi connectivity index (χ2n) is 6.14. The van der Waals surface area contributed by atoms with Crippen LogP contribution in [-0.2, 0) is 9.59 Å². The average molecular weight is 413 g/mol. The molecule has 0 saturated carbocycles. The highest BCUT2D eigenvalue weighted by Gasteiger charge is 2.18. The average Bonchev–Trinajstić information content (AvgIpc) is 3.27. The Morgan fingerprint density at radius 1 is 1.30 bits per heavy atom. The highest BCUT2D eigenvalue weighted by molar-refractivity contribution is 7.14. The third-order valence-electron chi connectivity index (χ3n) is 3.86. The summed E-state index contributed by atoms with van der Waals surface area (Å²) < 4.78 is 10.6. The van der Waals surface area contributed by atoms with Gasteiger partial charge in [0.25, 0.3) is 0 Å². The molecule has 8 nitrogen and oxygen atoms in total. The third kappa shape index (κ3) is 5.09. The van der Waals surface area contributed by atoms with Gasteiger partial charge < -0.3 is 25.8 Å². The summed E-state index contributed by atoms with van der Waals surface area (Å²) in [5.74, 6) is 0.663. The lowest BCUT2D eigenvalue weighted by molar-refractivity contribution is -0.125. The van der Waals surface area contributed by atoms with E-state index < -0.39 is 6.04 Å². The SMILES string of the molecule is CC(C)[C@H](N)C(=O)NCC(=O)Nc1nc(-c2ccc3c(c2)OCO3)cs1.Cl. The fourth-order valence-electron chi connectivity index (χ4n) is 2.27. The number of rotatable bonds is 6. The molecule has 1 aromatic heterocycles. The van der Waals surface area contributed by atoms with Crippen LogP contribution in [0.15, 0.2) is 23.6 Å². The molecule has 0 saturated heterocycles. The zero-order valence-corrected chi connectivity index (χ0v) is 16.5. The first-order chi connectivity index (χ1) is 12.4. The predicted molar refractivity (Wildman–Crippen MR) is 105 cm³/mol. The van der Waals surface area contributed by atoms with Crippen molar-refractivity contribution < 1.29 is 19.1 Å². The van der Waals surface area contributed by atoms with Gasteiger partial charge in [-0.3, -0.25) is 9.59 Å². The molecule has 0 bridgehead atoms. The summed E-state index contributed by atoms with van der Waals surface area (Å²) in [5, 5.41) is 7.47. The number of nitrogens with one attached hydrogen (secondary N) is 2. The Morgan fingerprint density at radius 3 is 2.78 bits per heavy atom. The van der Waals surface area contributed by atoms with Crippen LogP contribution >= 0.6 is 23.7 Å². The van der Waals surface area contributed by atoms with E-state index in [1.165, 1.54) is 11.3 Å². The summed E-state index contributed by atoms with van der Waals surface area (Å²) >= 11 is 1.30. The van der Waals surface area contributed by atoms with Crippen LogP contribution in [0, 0.1) is 5.92 Å². The summed E-state index contributed by atoms with van der Waals surface area (Å²) in [4.78, 5) is 28.1. The number of nitrogens with two attached hydrogens (primary N) is 1. The highest BCUT2D eigenvalue weighted by atomic mass is 35.5. The van der Waals surface area contributed by atoms with Gasteiger partial charge in [-0.2, -0.15) is 0 Å². The molecule has 1 aliphatic heterocycles. The molecule has 27 heavy (non-hydrogen) atoms. The summed E-state index contributed by atoms with van der Waals surface area (Å²) in [6.07, 6.45) is 0. The van der Waals surface area contributed by atoms with E-state index in [-0.39, 0.29) is 43.5 Å². The van der Waals surface area contributed by atoms with Gasteiger partial charge in [-0.05, 0) is 24.1 Å². The van der Waals surface area contributed by atoms with Crippen LogP contribution in [0.1, 0.15) is 13.8 Å². The Morgan fingerprint density at radius 2 is 2.04 bits per heavy atom. The van der Waals surface area contributed by atoms with Gasteiger partial charge in [0.2, 0.25) is 18.6 Å². The lowest BCUT2D eigenvalue weighted by Gasteiger charge is -2.14. The van der Waals surface area contributed by atoms with Gasteiger partial charge in [-0.25, -0.2) is 4.98 Å². The van der Waals surface area contributed by atoms with Crippen molar-refractivity contribution in [2.45, 2.75) is 19.9 Å². The van der Waals surface area contributed by atoms with Gasteiger partial charge in [0.1, 0.15) is 0 Å². The monoisotopic (exact) mass is 412 g/mol. The molecular weight excluding hydrogens is 392 g/mol. The number of carbonyl (C=O) groups excluding carboxylic acids is 2. The van der Waals surface area contributed by atoms with Crippen LogP contribution in [0.2, 0.25) is 0 Å². The lowest BCUT2D eigenvalue weighted by Crippen LogP contribution is -2.46. The predicted octanol–water partition coefficient (Wildman–Crippen LogP) is 2.00. The smallest absolute Gasteiger partial charge is 0.245 e. The van der Waals surface area contributed by atoms with Crippen LogP contribution in [-0.4, -0.2) is 36.2 Å². The third-order valence-corrected chi connectivity index (χ3v) is 4.62. The van der Waals surface area contributed by atoms with E-state index in [2.05, 4.69) is 15.6 Å². The molecule has 0 radical (unpaired) electrons. The minimum Gasteiger partial charge on any atom is -0.454 e. The first-order valence-electron chi connectivity index (χ1n) is 8.12. The highest BCUT2D eigenvalue weighted by Crippen LogP contribution is 2.36. The Bertz CT molecular complexity index is 827. The molecule has 4 N–H and O–H groups in total. The molecule has 1 aliphatic rings. The summed E-state index contributed by atoms with van der Waals surface area (Å²) in [6.45, 7) is 3.75. The van der Waals surface area contributed by atoms with E-state index in [0.717, 1.165) is 11.3 Å². The zero-order chi connectivity index (χ0) is 18.7. The molecule has 2 heterocycles. The van der Waals surface area contributed by atoms with E-state index in [0.29, 0.717) is 16.6 Å². The van der Waals surface area contributed by atoms with Gasteiger partial charge in [0.15, 0.2) is 16.6 Å². The van der Waals surface area contributed by atoms with E-state index >= 15 is 0 Å². The lowest BCUT2D eigenvalue weighted by atomic mass is 10.1. The number of hydrogen-bond acceptors (Lipinski definition) is 7. The number of halogens is 1. The maximum absolute atomic E-state index is 12.0. The van der Waals surface area contributed by atoms with Crippen molar-refractivity contribution in [2.75, 3.05) is 18.7 Å². The molecular formula is C17H21ClN4O4S. The number of amides is 2. The van der Waals surface area contributed by atoms with E-state index in [1.54, 1.807) is 0 Å². The Labute approximate surface area is 166 Å². The van der Waals surface area contributed by atoms with Crippen molar-refractivity contribution >= 4 is 40.7 Å². The molecule has 1 aromatic carbocycles. The van der Waals surface area contributed by atoms with Gasteiger partial charge in [-0.1, -0.05) is 13.8 Å². The van der Waals surface area contributed by atoms with E-state index in [9.17, 15) is 9.59 Å². The quantitative estimate of drug-likeness (QED) is 0.668. The maximum Gasteiger partial charge on any atom is 0.245 e. The minimum atomic E-state index is -0.639. The zero-order valence-electron chi connectivity index (χ0n) is 14.9. The van der Waals surface area contributed by atoms with Crippen molar-refractivity contribution in [1.29, 1.82) is 0 Å². The van der Waals surface area contributed by atoms with Crippen molar-refractivity contribution in [2.24, 2.45) is 11.7 Å². The van der Waals surface area contributed by atoms with Crippen LogP contribution in [0.5, 0.6) is 11.5 Å². The van der Waals surface area contributed by atoms with E-state index in [1.807, 2.05) is 37.4 Å². The molecule has 3 rings (SSSR count). The van der Waals surface area contributed by atoms with Crippen molar-refractivity contribution in [3.05, 3.63) is 23.6 Å². The summed E-state index contributed by atoms with van der Waals surface area (Å²) in [7, 11) is 0. The van der Waals surface area contributed by atoms with Gasteiger partial charge in [-0.15, -0.1) is 23.7 Å². The fraction of sp³-hybridized carbons (Fsp3) is 0.353. The molecule has 0 unspecified atom stereocenters. The van der Waals surface area contributed by atoms with Crippen molar-refractivity contribution in [1.82, 2.24) is 10.3 Å². The van der Waals surface area contributed by atoms with Crippen LogP contribution in [0.3, 0.4) is 0 Å². The second kappa shape index (κ2) is 9.03. The standard InChI is InChI=1S/C17H20N4O4S.ClH/c1-9(2)15(18)16(23)19-6-14(22)21-17-20-11(7-26-17)10-3-4-12-13(5-10)25-8-24-12;/h3-5,7,9,15H,6,8,18H2,1-2H3,(H,19,23)(H,20,21,22);1H/t15-;/m0./s1. The second-order valence-corrected chi connectivity index (χ2v) is 7.00. The molecule has 2 amide bonds. The Balaban J connectivity index is 0.00000261. The van der Waals surface area contributed by atoms with Crippen LogP contribution < -0.4 is 25.8 Å². The molecule has 146 valence electrons. The number of anilines is 1. The van der Waals surface area contributed by atoms with Crippen molar-refractivity contribution in [3.63, 3.8) is 0 Å². The Kier molecular flexibility index (Phi) is 7.00. The summed E-state index contributed by atoms with van der Waals surface area (Å²) in [6, 6.07) is 4.90. The number of benzene rings is 1. The van der Waals surface area contributed by atoms with Gasteiger partial charge in [0, 0.05) is 10.9 Å². The molecule has 0 fully saturated rings. The fourth-order valence-corrected chi connectivity index (χ4v) is 3.01. The van der Waals surface area contributed by atoms with Crippen LogP contribution in [0.4, 0.5) is 5.13 Å². The molecule has 10 heteroatoms. The molecule has 0 aliphatic carbocycles. The number of nitrogens with zero attached hydrogens (tertiary/aromatic N) is 1. The number of aromatic nitrogens is 1. The number of ether oxygens (including phenoxy) is 2. The van der Waals surface area contributed by atoms with Gasteiger partial charge in [0.05, 0.1) is 18.3 Å². The maximum atomic E-state index is 12.0. The number of fused-ring (bicyclic) bond motifs is 1. The Hall–Kier alpha value is -2.36. The first-order valence-corrected chi connectivity index (χ1v) is 9.00. The minimum absolute atomic E-state index is 0. The van der Waals surface area contributed by atoms with Gasteiger partial charge >= 0.3 is 0 Å². The summed E-state index contributed by atoms with van der Waals surface area (Å²) in [5.41, 5.74) is 7.31. The number of hydrogen-bond donors (Lipinski definition) is 3. The number of thiazole rings is 1. The van der Waals surface area contributed by atoms with E-state index in [4.69, 9.17) is 15.2 Å².